The normalized spacial score (nSPS) is 16.2. The third-order valence-electron chi connectivity index (χ3n) is 4.22. The van der Waals surface area contributed by atoms with E-state index in [0.29, 0.717) is 23.8 Å². The number of piperazine rings is 1. The van der Waals surface area contributed by atoms with E-state index in [0.717, 1.165) is 25.9 Å². The molecule has 6 nitrogen and oxygen atoms in total. The summed E-state index contributed by atoms with van der Waals surface area (Å²) in [5.74, 6) is -0.0218. The first-order chi connectivity index (χ1) is 11.3. The number of nitrogens with zero attached hydrogens (tertiary/aromatic N) is 3. The fourth-order valence-corrected chi connectivity index (χ4v) is 4.02. The first-order valence-corrected chi connectivity index (χ1v) is 10.3. The second-order valence-corrected chi connectivity index (χ2v) is 8.17. The van der Waals surface area contributed by atoms with Gasteiger partial charge in [-0.05, 0) is 18.7 Å². The molecule has 0 unspecified atom stereocenters. The number of carbonyl (C=O) groups is 1. The minimum atomic E-state index is -3.51. The Labute approximate surface area is 149 Å². The summed E-state index contributed by atoms with van der Waals surface area (Å²) in [6, 6.07) is 6.75. The van der Waals surface area contributed by atoms with E-state index in [-0.39, 0.29) is 18.9 Å². The molecule has 24 heavy (non-hydrogen) atoms. The molecular weight excluding hydrogens is 350 g/mol. The van der Waals surface area contributed by atoms with Crippen molar-refractivity contribution < 1.29 is 13.2 Å². The number of para-hydroxylation sites is 1. The Kier molecular flexibility index (Phi) is 6.48. The van der Waals surface area contributed by atoms with Crippen LogP contribution in [-0.2, 0) is 14.8 Å². The second-order valence-electron chi connectivity index (χ2n) is 5.85. The van der Waals surface area contributed by atoms with Crippen molar-refractivity contribution in [1.82, 2.24) is 9.80 Å². The van der Waals surface area contributed by atoms with Crippen LogP contribution in [0.1, 0.15) is 13.3 Å². The monoisotopic (exact) mass is 373 g/mol. The minimum absolute atomic E-state index is 0.0218. The number of rotatable bonds is 6. The molecule has 1 fully saturated rings. The SMILES string of the molecule is CCN1CCN(C(=O)CCN(c2ccccc2Cl)S(C)(=O)=O)CC1. The molecule has 1 amide bonds. The van der Waals surface area contributed by atoms with Gasteiger partial charge in [0.15, 0.2) is 0 Å². The third kappa shape index (κ3) is 4.84. The molecule has 0 spiro atoms. The van der Waals surface area contributed by atoms with E-state index in [4.69, 9.17) is 11.6 Å². The van der Waals surface area contributed by atoms with Gasteiger partial charge in [-0.2, -0.15) is 0 Å². The van der Waals surface area contributed by atoms with Gasteiger partial charge < -0.3 is 9.80 Å². The summed E-state index contributed by atoms with van der Waals surface area (Å²) in [4.78, 5) is 16.5. The lowest BCUT2D eigenvalue weighted by atomic mass is 10.2. The van der Waals surface area contributed by atoms with Crippen LogP contribution >= 0.6 is 11.6 Å². The number of likely N-dealkylation sites (N-methyl/N-ethyl adjacent to an activating group) is 1. The average molecular weight is 374 g/mol. The molecule has 1 saturated heterocycles. The van der Waals surface area contributed by atoms with Crippen molar-refractivity contribution in [2.24, 2.45) is 0 Å². The van der Waals surface area contributed by atoms with Crippen LogP contribution in [0.2, 0.25) is 5.02 Å². The lowest BCUT2D eigenvalue weighted by Crippen LogP contribution is -2.49. The number of sulfonamides is 1. The molecule has 8 heteroatoms. The van der Waals surface area contributed by atoms with Gasteiger partial charge in [0, 0.05) is 39.1 Å². The predicted octanol–water partition coefficient (Wildman–Crippen LogP) is 1.66. The highest BCUT2D eigenvalue weighted by Crippen LogP contribution is 2.27. The van der Waals surface area contributed by atoms with Crippen LogP contribution in [0, 0.1) is 0 Å². The van der Waals surface area contributed by atoms with Gasteiger partial charge in [-0.3, -0.25) is 9.10 Å². The van der Waals surface area contributed by atoms with Crippen LogP contribution in [-0.4, -0.2) is 69.6 Å². The van der Waals surface area contributed by atoms with E-state index >= 15 is 0 Å². The van der Waals surface area contributed by atoms with Crippen LogP contribution in [0.15, 0.2) is 24.3 Å². The maximum atomic E-state index is 12.4. The molecule has 1 aliphatic heterocycles. The van der Waals surface area contributed by atoms with Crippen molar-refractivity contribution in [1.29, 1.82) is 0 Å². The molecule has 1 aliphatic rings. The molecule has 0 aliphatic carbocycles. The van der Waals surface area contributed by atoms with E-state index in [1.54, 1.807) is 29.2 Å². The molecule has 1 aromatic carbocycles. The molecule has 1 heterocycles. The highest BCUT2D eigenvalue weighted by molar-refractivity contribution is 7.92. The Morgan fingerprint density at radius 2 is 1.83 bits per heavy atom. The molecule has 134 valence electrons. The van der Waals surface area contributed by atoms with Crippen LogP contribution < -0.4 is 4.31 Å². The standard InChI is InChI=1S/C16H24ClN3O3S/c1-3-18-10-12-19(13-11-18)16(21)8-9-20(24(2,22)23)15-7-5-4-6-14(15)17/h4-7H,3,8-13H2,1-2H3. The Balaban J connectivity index is 2.02. The number of hydrogen-bond donors (Lipinski definition) is 0. The van der Waals surface area contributed by atoms with Gasteiger partial charge in [0.2, 0.25) is 15.9 Å². The Morgan fingerprint density at radius 3 is 2.38 bits per heavy atom. The highest BCUT2D eigenvalue weighted by Gasteiger charge is 2.24. The summed E-state index contributed by atoms with van der Waals surface area (Å²) < 4.78 is 25.4. The van der Waals surface area contributed by atoms with Gasteiger partial charge in [-0.1, -0.05) is 30.7 Å². The molecule has 0 radical (unpaired) electrons. The molecule has 1 aromatic rings. The Morgan fingerprint density at radius 1 is 1.21 bits per heavy atom. The second kappa shape index (κ2) is 8.18. The lowest BCUT2D eigenvalue weighted by Gasteiger charge is -2.34. The molecule has 0 N–H and O–H groups in total. The third-order valence-corrected chi connectivity index (χ3v) is 5.72. The van der Waals surface area contributed by atoms with Gasteiger partial charge in [-0.15, -0.1) is 0 Å². The zero-order valence-electron chi connectivity index (χ0n) is 14.1. The summed E-state index contributed by atoms with van der Waals surface area (Å²) in [5, 5.41) is 0.354. The minimum Gasteiger partial charge on any atom is -0.340 e. The first-order valence-electron chi connectivity index (χ1n) is 8.05. The smallest absolute Gasteiger partial charge is 0.232 e. The van der Waals surface area contributed by atoms with Crippen molar-refractivity contribution in [2.75, 3.05) is 49.8 Å². The molecule has 0 saturated carbocycles. The average Bonchev–Trinajstić information content (AvgIpc) is 2.55. The van der Waals surface area contributed by atoms with Gasteiger partial charge in [0.05, 0.1) is 17.0 Å². The number of hydrogen-bond acceptors (Lipinski definition) is 4. The number of anilines is 1. The lowest BCUT2D eigenvalue weighted by molar-refractivity contribution is -0.132. The summed E-state index contributed by atoms with van der Waals surface area (Å²) in [7, 11) is -3.51. The van der Waals surface area contributed by atoms with Crippen molar-refractivity contribution >= 4 is 33.2 Å². The van der Waals surface area contributed by atoms with Crippen LogP contribution in [0.3, 0.4) is 0 Å². The van der Waals surface area contributed by atoms with E-state index in [2.05, 4.69) is 11.8 Å². The van der Waals surface area contributed by atoms with Crippen LogP contribution in [0.25, 0.3) is 0 Å². The Bertz CT molecular complexity index is 673. The van der Waals surface area contributed by atoms with E-state index in [9.17, 15) is 13.2 Å². The quantitative estimate of drug-likeness (QED) is 0.760. The van der Waals surface area contributed by atoms with Crippen molar-refractivity contribution in [3.8, 4) is 0 Å². The van der Waals surface area contributed by atoms with E-state index in [1.165, 1.54) is 4.31 Å². The first kappa shape index (κ1) is 19.0. The number of amides is 1. The summed E-state index contributed by atoms with van der Waals surface area (Å²) >= 11 is 6.11. The van der Waals surface area contributed by atoms with Crippen LogP contribution in [0.5, 0.6) is 0 Å². The highest BCUT2D eigenvalue weighted by atomic mass is 35.5. The zero-order chi connectivity index (χ0) is 17.7. The zero-order valence-corrected chi connectivity index (χ0v) is 15.7. The molecule has 0 bridgehead atoms. The Hall–Kier alpha value is -1.31. The maximum absolute atomic E-state index is 12.4. The molecule has 0 atom stereocenters. The van der Waals surface area contributed by atoms with Gasteiger partial charge in [0.1, 0.15) is 0 Å². The summed E-state index contributed by atoms with van der Waals surface area (Å²) in [6.45, 7) is 6.29. The number of benzene rings is 1. The van der Waals surface area contributed by atoms with Gasteiger partial charge in [0.25, 0.3) is 0 Å². The molecule has 2 rings (SSSR count). The van der Waals surface area contributed by atoms with Crippen molar-refractivity contribution in [3.05, 3.63) is 29.3 Å². The van der Waals surface area contributed by atoms with E-state index in [1.807, 2.05) is 0 Å². The fourth-order valence-electron chi connectivity index (χ4n) is 2.79. The van der Waals surface area contributed by atoms with Crippen LogP contribution in [0.4, 0.5) is 5.69 Å². The van der Waals surface area contributed by atoms with Crippen molar-refractivity contribution in [3.63, 3.8) is 0 Å². The number of halogens is 1. The summed E-state index contributed by atoms with van der Waals surface area (Å²) in [6.07, 6.45) is 1.27. The molecular formula is C16H24ClN3O3S. The topological polar surface area (TPSA) is 60.9 Å². The largest absolute Gasteiger partial charge is 0.340 e. The van der Waals surface area contributed by atoms with Gasteiger partial charge >= 0.3 is 0 Å². The summed E-state index contributed by atoms with van der Waals surface area (Å²) in [5.41, 5.74) is 0.408. The molecule has 0 aromatic heterocycles. The van der Waals surface area contributed by atoms with Crippen molar-refractivity contribution in [2.45, 2.75) is 13.3 Å². The van der Waals surface area contributed by atoms with Gasteiger partial charge in [-0.25, -0.2) is 8.42 Å². The fraction of sp³-hybridized carbons (Fsp3) is 0.562. The maximum Gasteiger partial charge on any atom is 0.232 e. The predicted molar refractivity (Wildman–Crippen MR) is 97.0 cm³/mol. The van der Waals surface area contributed by atoms with E-state index < -0.39 is 10.0 Å². The number of carbonyl (C=O) groups excluding carboxylic acids is 1.